The van der Waals surface area contributed by atoms with E-state index in [0.717, 1.165) is 44.1 Å². The van der Waals surface area contributed by atoms with E-state index >= 15 is 0 Å². The van der Waals surface area contributed by atoms with Crippen LogP contribution in [-0.2, 0) is 11.2 Å². The van der Waals surface area contributed by atoms with E-state index in [2.05, 4.69) is 27.7 Å². The third kappa shape index (κ3) is 2.87. The van der Waals surface area contributed by atoms with Crippen LogP contribution >= 0.6 is 12.4 Å². The normalized spacial score (nSPS) is 31.5. The van der Waals surface area contributed by atoms with Crippen LogP contribution in [-0.4, -0.2) is 42.5 Å². The number of para-hydroxylation sites is 1. The summed E-state index contributed by atoms with van der Waals surface area (Å²) in [6, 6.07) is 8.93. The van der Waals surface area contributed by atoms with Crippen LogP contribution in [0.4, 0.5) is 5.69 Å². The third-order valence-corrected chi connectivity index (χ3v) is 5.39. The fourth-order valence-corrected chi connectivity index (χ4v) is 4.21. The molecule has 3 aliphatic rings. The minimum absolute atomic E-state index is 0. The van der Waals surface area contributed by atoms with Gasteiger partial charge in [0.15, 0.2) is 0 Å². The Morgan fingerprint density at radius 1 is 1.14 bits per heavy atom. The van der Waals surface area contributed by atoms with Gasteiger partial charge in [0.05, 0.1) is 6.04 Å². The van der Waals surface area contributed by atoms with Crippen molar-refractivity contribution in [3.05, 3.63) is 29.8 Å². The Balaban J connectivity index is 0.00000144. The maximum absolute atomic E-state index is 12.6. The standard InChI is InChI=1S/C17H23N3O.ClH/c21-17-16(6-5-12-3-1-2-4-15(12)19-17)20-10-8-14-13(11-20)7-9-18-14;/h1-4,13-14,16,18H,5-11H2,(H,19,21);1H. The molecule has 4 nitrogen and oxygen atoms in total. The number of hydrogen-bond acceptors (Lipinski definition) is 3. The number of fused-ring (bicyclic) bond motifs is 2. The molecule has 1 aromatic rings. The topological polar surface area (TPSA) is 44.4 Å². The molecule has 4 rings (SSSR count). The highest BCUT2D eigenvalue weighted by atomic mass is 35.5. The number of hydrogen-bond donors (Lipinski definition) is 2. The van der Waals surface area contributed by atoms with Gasteiger partial charge in [-0.1, -0.05) is 18.2 Å². The number of benzene rings is 1. The van der Waals surface area contributed by atoms with Crippen LogP contribution in [0.15, 0.2) is 24.3 Å². The number of nitrogens with zero attached hydrogens (tertiary/aromatic N) is 1. The Bertz CT molecular complexity index is 550. The summed E-state index contributed by atoms with van der Waals surface area (Å²) in [6.07, 6.45) is 4.37. The van der Waals surface area contributed by atoms with Gasteiger partial charge in [-0.25, -0.2) is 0 Å². The van der Waals surface area contributed by atoms with E-state index in [1.807, 2.05) is 12.1 Å². The van der Waals surface area contributed by atoms with Gasteiger partial charge in [-0.2, -0.15) is 0 Å². The first-order valence-corrected chi connectivity index (χ1v) is 8.17. The minimum Gasteiger partial charge on any atom is -0.324 e. The van der Waals surface area contributed by atoms with Gasteiger partial charge in [0.1, 0.15) is 0 Å². The van der Waals surface area contributed by atoms with E-state index in [4.69, 9.17) is 0 Å². The summed E-state index contributed by atoms with van der Waals surface area (Å²) in [5, 5.41) is 6.73. The summed E-state index contributed by atoms with van der Waals surface area (Å²) < 4.78 is 0. The lowest BCUT2D eigenvalue weighted by atomic mass is 9.91. The smallest absolute Gasteiger partial charge is 0.241 e. The minimum atomic E-state index is 0. The van der Waals surface area contributed by atoms with Crippen molar-refractivity contribution in [2.45, 2.75) is 37.8 Å². The number of rotatable bonds is 1. The quantitative estimate of drug-likeness (QED) is 0.832. The van der Waals surface area contributed by atoms with Gasteiger partial charge < -0.3 is 10.6 Å². The molecule has 2 N–H and O–H groups in total. The molecule has 3 aliphatic heterocycles. The van der Waals surface area contributed by atoms with Crippen LogP contribution in [0.1, 0.15) is 24.8 Å². The largest absolute Gasteiger partial charge is 0.324 e. The molecule has 1 aromatic carbocycles. The third-order valence-electron chi connectivity index (χ3n) is 5.39. The molecule has 5 heteroatoms. The first-order chi connectivity index (χ1) is 10.3. The fraction of sp³-hybridized carbons (Fsp3) is 0.588. The lowest BCUT2D eigenvalue weighted by molar-refractivity contribution is -0.122. The molecule has 120 valence electrons. The van der Waals surface area contributed by atoms with Crippen molar-refractivity contribution in [1.29, 1.82) is 0 Å². The molecule has 22 heavy (non-hydrogen) atoms. The van der Waals surface area contributed by atoms with E-state index in [1.54, 1.807) is 0 Å². The molecule has 0 aliphatic carbocycles. The van der Waals surface area contributed by atoms with Crippen molar-refractivity contribution in [3.63, 3.8) is 0 Å². The molecule has 0 spiro atoms. The zero-order chi connectivity index (χ0) is 14.2. The lowest BCUT2D eigenvalue weighted by Crippen LogP contribution is -2.52. The molecule has 0 saturated carbocycles. The second kappa shape index (κ2) is 6.57. The Morgan fingerprint density at radius 2 is 2.00 bits per heavy atom. The average molecular weight is 322 g/mol. The molecule has 0 radical (unpaired) electrons. The average Bonchev–Trinajstić information content (AvgIpc) is 2.89. The molecule has 0 aromatic heterocycles. The maximum Gasteiger partial charge on any atom is 0.241 e. The van der Waals surface area contributed by atoms with Crippen LogP contribution in [0.25, 0.3) is 0 Å². The highest BCUT2D eigenvalue weighted by Crippen LogP contribution is 2.29. The van der Waals surface area contributed by atoms with Crippen LogP contribution < -0.4 is 10.6 Å². The number of nitrogens with one attached hydrogen (secondary N) is 2. The number of anilines is 1. The summed E-state index contributed by atoms with van der Waals surface area (Å²) in [4.78, 5) is 15.0. The van der Waals surface area contributed by atoms with Crippen molar-refractivity contribution in [2.75, 3.05) is 25.0 Å². The second-order valence-corrected chi connectivity index (χ2v) is 6.59. The first-order valence-electron chi connectivity index (χ1n) is 8.17. The van der Waals surface area contributed by atoms with Gasteiger partial charge >= 0.3 is 0 Å². The van der Waals surface area contributed by atoms with E-state index in [9.17, 15) is 4.79 Å². The van der Waals surface area contributed by atoms with E-state index in [1.165, 1.54) is 18.4 Å². The molecule has 3 atom stereocenters. The van der Waals surface area contributed by atoms with Crippen molar-refractivity contribution in [2.24, 2.45) is 5.92 Å². The van der Waals surface area contributed by atoms with Gasteiger partial charge in [-0.05, 0) is 49.8 Å². The summed E-state index contributed by atoms with van der Waals surface area (Å²) >= 11 is 0. The summed E-state index contributed by atoms with van der Waals surface area (Å²) in [6.45, 7) is 3.26. The number of carbonyl (C=O) groups is 1. The first kappa shape index (κ1) is 15.8. The number of halogens is 1. The number of aryl methyl sites for hydroxylation is 1. The lowest BCUT2D eigenvalue weighted by Gasteiger charge is -2.38. The number of amides is 1. The zero-order valence-electron chi connectivity index (χ0n) is 12.8. The SMILES string of the molecule is Cl.O=C1Nc2ccccc2CCC1N1CCC2NCCC2C1. The highest BCUT2D eigenvalue weighted by molar-refractivity contribution is 5.96. The molecule has 3 unspecified atom stereocenters. The monoisotopic (exact) mass is 321 g/mol. The van der Waals surface area contributed by atoms with E-state index < -0.39 is 0 Å². The zero-order valence-corrected chi connectivity index (χ0v) is 13.6. The fourth-order valence-electron chi connectivity index (χ4n) is 4.21. The van der Waals surface area contributed by atoms with Gasteiger partial charge in [-0.15, -0.1) is 12.4 Å². The summed E-state index contributed by atoms with van der Waals surface area (Å²) in [7, 11) is 0. The van der Waals surface area contributed by atoms with E-state index in [0.29, 0.717) is 6.04 Å². The summed E-state index contributed by atoms with van der Waals surface area (Å²) in [5.74, 6) is 0.918. The van der Waals surface area contributed by atoms with Gasteiger partial charge in [0.25, 0.3) is 0 Å². The van der Waals surface area contributed by atoms with Gasteiger partial charge in [0.2, 0.25) is 5.91 Å². The van der Waals surface area contributed by atoms with Gasteiger partial charge in [0, 0.05) is 24.8 Å². The number of piperidine rings is 1. The Kier molecular flexibility index (Phi) is 4.71. The highest BCUT2D eigenvalue weighted by Gasteiger charge is 2.37. The van der Waals surface area contributed by atoms with E-state index in [-0.39, 0.29) is 24.4 Å². The number of likely N-dealkylation sites (tertiary alicyclic amines) is 1. The molecule has 0 bridgehead atoms. The summed E-state index contributed by atoms with van der Waals surface area (Å²) in [5.41, 5.74) is 2.27. The van der Waals surface area contributed by atoms with Crippen LogP contribution in [0, 0.1) is 5.92 Å². The Morgan fingerprint density at radius 3 is 2.91 bits per heavy atom. The molecular weight excluding hydrogens is 298 g/mol. The van der Waals surface area contributed by atoms with Crippen LogP contribution in [0.5, 0.6) is 0 Å². The predicted octanol–water partition coefficient (Wildman–Crippen LogP) is 2.05. The molecule has 1 amide bonds. The van der Waals surface area contributed by atoms with Crippen molar-refractivity contribution in [3.8, 4) is 0 Å². The van der Waals surface area contributed by atoms with Crippen molar-refractivity contribution in [1.82, 2.24) is 10.2 Å². The Hall–Kier alpha value is -1.10. The molecule has 2 saturated heterocycles. The van der Waals surface area contributed by atoms with Crippen LogP contribution in [0.3, 0.4) is 0 Å². The molecule has 2 fully saturated rings. The van der Waals surface area contributed by atoms with Crippen LogP contribution in [0.2, 0.25) is 0 Å². The van der Waals surface area contributed by atoms with Crippen molar-refractivity contribution < 1.29 is 4.79 Å². The Labute approximate surface area is 138 Å². The predicted molar refractivity (Wildman–Crippen MR) is 90.5 cm³/mol. The molecular formula is C17H24ClN3O. The molecule has 3 heterocycles. The van der Waals surface area contributed by atoms with Crippen molar-refractivity contribution >= 4 is 24.0 Å². The van der Waals surface area contributed by atoms with Gasteiger partial charge in [-0.3, -0.25) is 9.69 Å². The number of carbonyl (C=O) groups excluding carboxylic acids is 1. The second-order valence-electron chi connectivity index (χ2n) is 6.59. The maximum atomic E-state index is 12.6.